The van der Waals surface area contributed by atoms with Crippen molar-refractivity contribution >= 4 is 21.9 Å². The summed E-state index contributed by atoms with van der Waals surface area (Å²) in [6.45, 7) is 1.25. The van der Waals surface area contributed by atoms with Crippen LogP contribution in [-0.4, -0.2) is 69.6 Å². The van der Waals surface area contributed by atoms with Crippen molar-refractivity contribution < 1.29 is 27.9 Å². The van der Waals surface area contributed by atoms with E-state index in [9.17, 15) is 23.1 Å². The molecule has 1 aliphatic heterocycles. The molecule has 9 nitrogen and oxygen atoms in total. The number of nitrogens with zero attached hydrogens (tertiary/aromatic N) is 1. The maximum atomic E-state index is 13.4. The molecule has 0 bridgehead atoms. The third-order valence-electron chi connectivity index (χ3n) is 6.19. The first-order chi connectivity index (χ1) is 15.7. The van der Waals surface area contributed by atoms with Crippen molar-refractivity contribution in [1.82, 2.24) is 14.9 Å². The number of benzene rings is 2. The van der Waals surface area contributed by atoms with Crippen LogP contribution < -0.4 is 14.8 Å². The van der Waals surface area contributed by atoms with Crippen molar-refractivity contribution in [3.63, 3.8) is 0 Å². The number of hydrogen-bond donors (Lipinski definition) is 3. The predicted molar refractivity (Wildman–Crippen MR) is 121 cm³/mol. The summed E-state index contributed by atoms with van der Waals surface area (Å²) in [4.78, 5) is 26.8. The number of carbonyl (C=O) groups excluding carboxylic acids is 1. The molecule has 3 atom stereocenters. The molecule has 0 spiro atoms. The Kier molecular flexibility index (Phi) is 6.17. The molecule has 0 aromatic heterocycles. The molecule has 1 amide bonds. The Bertz CT molecular complexity index is 1180. The molecule has 176 valence electrons. The molecule has 0 saturated heterocycles. The first-order valence-electron chi connectivity index (χ1n) is 10.7. The van der Waals surface area contributed by atoms with Gasteiger partial charge in [0.1, 0.15) is 11.3 Å². The van der Waals surface area contributed by atoms with Crippen molar-refractivity contribution in [3.05, 3.63) is 59.7 Å². The minimum atomic E-state index is -4.34. The highest BCUT2D eigenvalue weighted by atomic mass is 32.2. The number of rotatable bonds is 9. The summed E-state index contributed by atoms with van der Waals surface area (Å²) in [6, 6.07) is 12.8. The standard InChI is InChI=1S/C23H27N3O6S/c1-26(2)13-7-12-24-21(27)16-9-4-6-11-19(16)33(30,31)25-23(22(28)29)17-14-32-18-10-5-3-8-15(18)20(17)23/h3-6,8-11,17,20,25H,7,12-14H2,1-2H3,(H,24,27)(H,28,29). The Morgan fingerprint density at radius 3 is 2.58 bits per heavy atom. The van der Waals surface area contributed by atoms with Gasteiger partial charge in [-0.2, -0.15) is 4.72 Å². The van der Waals surface area contributed by atoms with Gasteiger partial charge in [-0.05, 0) is 45.3 Å². The molecule has 2 aliphatic rings. The number of ether oxygens (including phenoxy) is 1. The Labute approximate surface area is 192 Å². The van der Waals surface area contributed by atoms with Crippen LogP contribution >= 0.6 is 0 Å². The van der Waals surface area contributed by atoms with Gasteiger partial charge in [0.05, 0.1) is 17.1 Å². The topological polar surface area (TPSA) is 125 Å². The number of carboxylic acids is 1. The van der Waals surface area contributed by atoms with Crippen LogP contribution in [0, 0.1) is 5.92 Å². The van der Waals surface area contributed by atoms with Gasteiger partial charge in [-0.15, -0.1) is 0 Å². The molecule has 2 aromatic carbocycles. The number of sulfonamides is 1. The molecule has 4 rings (SSSR count). The molecule has 1 fully saturated rings. The van der Waals surface area contributed by atoms with E-state index in [0.29, 0.717) is 24.3 Å². The lowest BCUT2D eigenvalue weighted by Crippen LogP contribution is -2.46. The molecule has 10 heteroatoms. The average molecular weight is 474 g/mol. The van der Waals surface area contributed by atoms with Gasteiger partial charge in [0, 0.05) is 23.9 Å². The fourth-order valence-electron chi connectivity index (χ4n) is 4.53. The van der Waals surface area contributed by atoms with Gasteiger partial charge in [0.25, 0.3) is 5.91 Å². The zero-order valence-corrected chi connectivity index (χ0v) is 19.3. The van der Waals surface area contributed by atoms with Crippen molar-refractivity contribution in [2.75, 3.05) is 33.8 Å². The SMILES string of the molecule is CN(C)CCCNC(=O)c1ccccc1S(=O)(=O)NC1(C(=O)O)C2COc3ccccc3C21. The third kappa shape index (κ3) is 4.21. The molecule has 1 aliphatic carbocycles. The smallest absolute Gasteiger partial charge is 0.326 e. The molecule has 1 saturated carbocycles. The second kappa shape index (κ2) is 8.77. The number of nitrogens with one attached hydrogen (secondary N) is 2. The van der Waals surface area contributed by atoms with Gasteiger partial charge in [-0.25, -0.2) is 8.42 Å². The first-order valence-corrected chi connectivity index (χ1v) is 12.2. The van der Waals surface area contributed by atoms with Crippen LogP contribution in [0.3, 0.4) is 0 Å². The van der Waals surface area contributed by atoms with Gasteiger partial charge in [-0.3, -0.25) is 9.59 Å². The maximum absolute atomic E-state index is 13.4. The largest absolute Gasteiger partial charge is 0.493 e. The van der Waals surface area contributed by atoms with Crippen LogP contribution in [0.25, 0.3) is 0 Å². The van der Waals surface area contributed by atoms with Crippen molar-refractivity contribution in [3.8, 4) is 5.75 Å². The second-order valence-electron chi connectivity index (χ2n) is 8.62. The first kappa shape index (κ1) is 23.2. The predicted octanol–water partition coefficient (Wildman–Crippen LogP) is 1.28. The Balaban J connectivity index is 1.60. The average Bonchev–Trinajstić information content (AvgIpc) is 3.45. The van der Waals surface area contributed by atoms with E-state index in [4.69, 9.17) is 4.74 Å². The summed E-state index contributed by atoms with van der Waals surface area (Å²) in [5, 5.41) is 12.8. The normalized spacial score (nSPS) is 23.2. The van der Waals surface area contributed by atoms with E-state index in [1.54, 1.807) is 30.3 Å². The monoisotopic (exact) mass is 473 g/mol. The second-order valence-corrected chi connectivity index (χ2v) is 10.3. The molecule has 33 heavy (non-hydrogen) atoms. The zero-order chi connectivity index (χ0) is 23.8. The quantitative estimate of drug-likeness (QED) is 0.469. The van der Waals surface area contributed by atoms with Crippen molar-refractivity contribution in [2.24, 2.45) is 5.92 Å². The van der Waals surface area contributed by atoms with E-state index >= 15 is 0 Å². The van der Waals surface area contributed by atoms with Crippen molar-refractivity contribution in [1.29, 1.82) is 0 Å². The van der Waals surface area contributed by atoms with E-state index < -0.39 is 39.3 Å². The fraction of sp³-hybridized carbons (Fsp3) is 0.391. The van der Waals surface area contributed by atoms with Gasteiger partial charge < -0.3 is 20.1 Å². The van der Waals surface area contributed by atoms with Crippen LogP contribution in [0.2, 0.25) is 0 Å². The minimum Gasteiger partial charge on any atom is -0.493 e. The number of carboxylic acid groups (broad SMARTS) is 1. The number of aliphatic carboxylic acids is 1. The number of fused-ring (bicyclic) bond motifs is 3. The molecule has 1 heterocycles. The van der Waals surface area contributed by atoms with Crippen LogP contribution in [0.1, 0.15) is 28.3 Å². The molecular weight excluding hydrogens is 446 g/mol. The van der Waals surface area contributed by atoms with Crippen LogP contribution in [0.15, 0.2) is 53.4 Å². The summed E-state index contributed by atoms with van der Waals surface area (Å²) in [6.07, 6.45) is 0.705. The summed E-state index contributed by atoms with van der Waals surface area (Å²) in [7, 11) is -0.490. The van der Waals surface area contributed by atoms with E-state index in [1.807, 2.05) is 19.0 Å². The molecule has 2 aromatic rings. The van der Waals surface area contributed by atoms with Crippen LogP contribution in [0.4, 0.5) is 0 Å². The Morgan fingerprint density at radius 1 is 1.15 bits per heavy atom. The summed E-state index contributed by atoms with van der Waals surface area (Å²) in [5.41, 5.74) is -1.11. The highest BCUT2D eigenvalue weighted by Crippen LogP contribution is 2.62. The molecule has 0 radical (unpaired) electrons. The summed E-state index contributed by atoms with van der Waals surface area (Å²) < 4.78 is 34.9. The van der Waals surface area contributed by atoms with E-state index in [2.05, 4.69) is 10.0 Å². The number of amides is 1. The van der Waals surface area contributed by atoms with Crippen LogP contribution in [-0.2, 0) is 14.8 Å². The number of carbonyl (C=O) groups is 2. The lowest BCUT2D eigenvalue weighted by atomic mass is 10.0. The van der Waals surface area contributed by atoms with Crippen LogP contribution in [0.5, 0.6) is 5.75 Å². The third-order valence-corrected chi connectivity index (χ3v) is 7.73. The highest BCUT2D eigenvalue weighted by Gasteiger charge is 2.74. The highest BCUT2D eigenvalue weighted by molar-refractivity contribution is 7.89. The Morgan fingerprint density at radius 2 is 1.85 bits per heavy atom. The zero-order valence-electron chi connectivity index (χ0n) is 18.4. The fourth-order valence-corrected chi connectivity index (χ4v) is 6.16. The van der Waals surface area contributed by atoms with E-state index in [0.717, 1.165) is 6.54 Å². The Hall–Kier alpha value is -2.95. The van der Waals surface area contributed by atoms with Crippen molar-refractivity contribution in [2.45, 2.75) is 22.8 Å². The number of hydrogen-bond acceptors (Lipinski definition) is 6. The van der Waals surface area contributed by atoms with Gasteiger partial charge in [0.15, 0.2) is 0 Å². The maximum Gasteiger partial charge on any atom is 0.326 e. The minimum absolute atomic E-state index is 0.0318. The molecular formula is C23H27N3O6S. The van der Waals surface area contributed by atoms with Gasteiger partial charge >= 0.3 is 5.97 Å². The summed E-state index contributed by atoms with van der Waals surface area (Å²) in [5.74, 6) is -2.35. The van der Waals surface area contributed by atoms with Gasteiger partial charge in [-0.1, -0.05) is 30.3 Å². The van der Waals surface area contributed by atoms with E-state index in [-0.39, 0.29) is 17.1 Å². The lowest BCUT2D eigenvalue weighted by Gasteiger charge is -2.17. The summed E-state index contributed by atoms with van der Waals surface area (Å²) >= 11 is 0. The molecule has 3 N–H and O–H groups in total. The number of para-hydroxylation sites is 1. The molecule has 3 unspecified atom stereocenters. The van der Waals surface area contributed by atoms with Gasteiger partial charge in [0.2, 0.25) is 10.0 Å². The lowest BCUT2D eigenvalue weighted by molar-refractivity contribution is -0.140. The van der Waals surface area contributed by atoms with E-state index in [1.165, 1.54) is 18.2 Å².